The molecule has 0 aromatic heterocycles. The molecule has 0 saturated heterocycles. The fraction of sp³-hybridized carbons (Fsp3) is 0.500. The second-order valence-electron chi connectivity index (χ2n) is 5.96. The van der Waals surface area contributed by atoms with Crippen LogP contribution in [0.15, 0.2) is 22.7 Å². The van der Waals surface area contributed by atoms with Gasteiger partial charge in [-0.2, -0.15) is 0 Å². The second-order valence-corrected chi connectivity index (χ2v) is 6.88. The highest BCUT2D eigenvalue weighted by atomic mass is 79.9. The predicted molar refractivity (Wildman–Crippen MR) is 84.6 cm³/mol. The molecule has 1 N–H and O–H groups in total. The van der Waals surface area contributed by atoms with Gasteiger partial charge in [-0.1, -0.05) is 29.8 Å². The van der Waals surface area contributed by atoms with Gasteiger partial charge in [-0.05, 0) is 43.9 Å². The maximum Gasteiger partial charge on any atom is 0.335 e. The predicted octanol–water partition coefficient (Wildman–Crippen LogP) is 3.80. The summed E-state index contributed by atoms with van der Waals surface area (Å²) in [6.07, 6.45) is 2.06. The van der Waals surface area contributed by atoms with Gasteiger partial charge in [0.1, 0.15) is 0 Å². The number of aromatic carboxylic acids is 1. The van der Waals surface area contributed by atoms with E-state index >= 15 is 0 Å². The van der Waals surface area contributed by atoms with Crippen molar-refractivity contribution in [2.45, 2.75) is 45.7 Å². The number of amides is 1. The zero-order valence-corrected chi connectivity index (χ0v) is 14.1. The molecule has 1 unspecified atom stereocenters. The summed E-state index contributed by atoms with van der Waals surface area (Å²) >= 11 is 3.28. The fourth-order valence-electron chi connectivity index (χ4n) is 2.34. The van der Waals surface area contributed by atoms with Gasteiger partial charge < -0.3 is 10.0 Å². The summed E-state index contributed by atoms with van der Waals surface area (Å²) in [5, 5.41) is 9.13. The first kappa shape index (κ1) is 16.0. The third-order valence-electron chi connectivity index (χ3n) is 3.97. The number of carbonyl (C=O) groups is 2. The van der Waals surface area contributed by atoms with Gasteiger partial charge in [0.15, 0.2) is 0 Å². The molecule has 5 heteroatoms. The summed E-state index contributed by atoms with van der Waals surface area (Å²) in [5.74, 6) is -0.747. The van der Waals surface area contributed by atoms with Gasteiger partial charge in [0.05, 0.1) is 5.56 Å². The van der Waals surface area contributed by atoms with E-state index < -0.39 is 5.97 Å². The van der Waals surface area contributed by atoms with Gasteiger partial charge in [0.25, 0.3) is 5.91 Å². The number of carboxylic acids is 1. The largest absolute Gasteiger partial charge is 0.478 e. The lowest BCUT2D eigenvalue weighted by Crippen LogP contribution is -2.43. The number of hydrogen-bond donors (Lipinski definition) is 1. The number of nitrogens with zero attached hydrogens (tertiary/aromatic N) is 1. The molecule has 1 aliphatic carbocycles. The van der Waals surface area contributed by atoms with Gasteiger partial charge in [0.2, 0.25) is 0 Å². The smallest absolute Gasteiger partial charge is 0.335 e. The minimum atomic E-state index is -1.03. The highest BCUT2D eigenvalue weighted by Crippen LogP contribution is 2.32. The van der Waals surface area contributed by atoms with Gasteiger partial charge in [0, 0.05) is 22.1 Å². The molecule has 2 rings (SSSR count). The molecule has 4 nitrogen and oxygen atoms in total. The van der Waals surface area contributed by atoms with Crippen LogP contribution < -0.4 is 0 Å². The molecule has 114 valence electrons. The minimum Gasteiger partial charge on any atom is -0.478 e. The monoisotopic (exact) mass is 353 g/mol. The summed E-state index contributed by atoms with van der Waals surface area (Å²) in [6, 6.07) is 5.08. The van der Waals surface area contributed by atoms with Crippen LogP contribution in [0.1, 0.15) is 54.3 Å². The molecule has 0 aliphatic heterocycles. The number of benzene rings is 1. The Hall–Kier alpha value is -1.36. The summed E-state index contributed by atoms with van der Waals surface area (Å²) in [7, 11) is 0. The highest BCUT2D eigenvalue weighted by Gasteiger charge is 2.37. The molecule has 1 atom stereocenters. The van der Waals surface area contributed by atoms with E-state index in [-0.39, 0.29) is 17.5 Å². The van der Waals surface area contributed by atoms with Crippen LogP contribution in [0, 0.1) is 5.92 Å². The minimum absolute atomic E-state index is 0.0810. The van der Waals surface area contributed by atoms with Gasteiger partial charge in [-0.25, -0.2) is 4.79 Å². The van der Waals surface area contributed by atoms with Crippen molar-refractivity contribution in [3.05, 3.63) is 33.8 Å². The van der Waals surface area contributed by atoms with Crippen molar-refractivity contribution in [1.29, 1.82) is 0 Å². The normalized spacial score (nSPS) is 15.9. The van der Waals surface area contributed by atoms with E-state index in [1.807, 2.05) is 4.90 Å². The zero-order valence-electron chi connectivity index (χ0n) is 12.5. The molecule has 1 amide bonds. The number of rotatable bonds is 5. The average Bonchev–Trinajstić information content (AvgIpc) is 3.22. The summed E-state index contributed by atoms with van der Waals surface area (Å²) in [6.45, 7) is 6.24. The summed E-state index contributed by atoms with van der Waals surface area (Å²) < 4.78 is 0.610. The quantitative estimate of drug-likeness (QED) is 0.875. The molecule has 1 aliphatic rings. The highest BCUT2D eigenvalue weighted by molar-refractivity contribution is 9.10. The third kappa shape index (κ3) is 3.64. The molecular weight excluding hydrogens is 334 g/mol. The van der Waals surface area contributed by atoms with Crippen molar-refractivity contribution in [3.63, 3.8) is 0 Å². The van der Waals surface area contributed by atoms with Crippen LogP contribution in [0.2, 0.25) is 0 Å². The van der Waals surface area contributed by atoms with Crippen molar-refractivity contribution in [3.8, 4) is 0 Å². The lowest BCUT2D eigenvalue weighted by Gasteiger charge is -2.32. The first-order valence-corrected chi connectivity index (χ1v) is 7.97. The molecule has 21 heavy (non-hydrogen) atoms. The zero-order chi connectivity index (χ0) is 15.7. The maximum absolute atomic E-state index is 12.8. The number of hydrogen-bond acceptors (Lipinski definition) is 2. The molecule has 0 spiro atoms. The molecule has 0 heterocycles. The van der Waals surface area contributed by atoms with E-state index in [2.05, 4.69) is 36.7 Å². The van der Waals surface area contributed by atoms with Crippen LogP contribution in [0.4, 0.5) is 0 Å². The maximum atomic E-state index is 12.8. The van der Waals surface area contributed by atoms with Gasteiger partial charge in [-0.15, -0.1) is 0 Å². The first-order chi connectivity index (χ1) is 9.81. The standard InChI is InChI=1S/C16H20BrNO3/c1-9(2)10(3)18(14-4-5-14)15(19)11-6-12(16(20)21)8-13(17)7-11/h6-10,14H,4-5H2,1-3H3,(H,20,21). The number of carbonyl (C=O) groups excluding carboxylic acids is 1. The van der Waals surface area contributed by atoms with E-state index in [0.29, 0.717) is 22.0 Å². The van der Waals surface area contributed by atoms with Gasteiger partial charge >= 0.3 is 5.97 Å². The van der Waals surface area contributed by atoms with Crippen LogP contribution in [-0.4, -0.2) is 34.0 Å². The van der Waals surface area contributed by atoms with Crippen molar-refractivity contribution < 1.29 is 14.7 Å². The Morgan fingerprint density at radius 1 is 1.19 bits per heavy atom. The Balaban J connectivity index is 2.35. The molecule has 1 aromatic carbocycles. The van der Waals surface area contributed by atoms with E-state index in [1.165, 1.54) is 12.1 Å². The van der Waals surface area contributed by atoms with E-state index in [4.69, 9.17) is 5.11 Å². The van der Waals surface area contributed by atoms with Gasteiger partial charge in [-0.3, -0.25) is 4.79 Å². The molecule has 1 saturated carbocycles. The van der Waals surface area contributed by atoms with Crippen LogP contribution in [0.3, 0.4) is 0 Å². The summed E-state index contributed by atoms with van der Waals surface area (Å²) in [5.41, 5.74) is 0.557. The lowest BCUT2D eigenvalue weighted by molar-refractivity contribution is 0.0628. The van der Waals surface area contributed by atoms with E-state index in [1.54, 1.807) is 6.07 Å². The van der Waals surface area contributed by atoms with Crippen molar-refractivity contribution in [2.75, 3.05) is 0 Å². The number of halogens is 1. The van der Waals surface area contributed by atoms with E-state index in [0.717, 1.165) is 12.8 Å². The van der Waals surface area contributed by atoms with Crippen LogP contribution >= 0.6 is 15.9 Å². The summed E-state index contributed by atoms with van der Waals surface area (Å²) in [4.78, 5) is 25.9. The Bertz CT molecular complexity index is 567. The first-order valence-electron chi connectivity index (χ1n) is 7.17. The average molecular weight is 354 g/mol. The van der Waals surface area contributed by atoms with E-state index in [9.17, 15) is 9.59 Å². The molecule has 0 radical (unpaired) electrons. The second kappa shape index (κ2) is 6.18. The Labute approximate surface area is 133 Å². The van der Waals surface area contributed by atoms with Crippen molar-refractivity contribution >= 4 is 27.8 Å². The van der Waals surface area contributed by atoms with Crippen LogP contribution in [-0.2, 0) is 0 Å². The van der Waals surface area contributed by atoms with Crippen molar-refractivity contribution in [2.24, 2.45) is 5.92 Å². The number of carboxylic acid groups (broad SMARTS) is 1. The topological polar surface area (TPSA) is 57.6 Å². The lowest BCUT2D eigenvalue weighted by atomic mass is 10.0. The SMILES string of the molecule is CC(C)C(C)N(C(=O)c1cc(Br)cc(C(=O)O)c1)C1CC1. The Morgan fingerprint density at radius 2 is 1.76 bits per heavy atom. The van der Waals surface area contributed by atoms with Crippen LogP contribution in [0.25, 0.3) is 0 Å². The van der Waals surface area contributed by atoms with Crippen LogP contribution in [0.5, 0.6) is 0 Å². The fourth-order valence-corrected chi connectivity index (χ4v) is 2.84. The molecule has 0 bridgehead atoms. The Kier molecular flexibility index (Phi) is 4.71. The Morgan fingerprint density at radius 3 is 2.24 bits per heavy atom. The van der Waals surface area contributed by atoms with Crippen molar-refractivity contribution in [1.82, 2.24) is 4.90 Å². The molecule has 1 aromatic rings. The third-order valence-corrected chi connectivity index (χ3v) is 4.43. The molecule has 1 fully saturated rings. The molecular formula is C16H20BrNO3.